The van der Waals surface area contributed by atoms with Crippen LogP contribution < -0.4 is 0 Å². The van der Waals surface area contributed by atoms with E-state index in [9.17, 15) is 18.4 Å². The first kappa shape index (κ1) is 20.7. The molecule has 5 nitrogen and oxygen atoms in total. The molecule has 0 aliphatic carbocycles. The molecule has 3 aromatic rings. The number of rotatable bonds is 7. The molecule has 0 N–H and O–H groups in total. The second kappa shape index (κ2) is 9.00. The fourth-order valence-electron chi connectivity index (χ4n) is 2.87. The zero-order chi connectivity index (χ0) is 21.0. The summed E-state index contributed by atoms with van der Waals surface area (Å²) in [5.41, 5.74) is 1.95. The number of ketones is 1. The number of Topliss-reactive ketones (excluding diaryl/α,β-unsaturated/α-hetero) is 1. The quantitative estimate of drug-likeness (QED) is 0.327. The van der Waals surface area contributed by atoms with Crippen molar-refractivity contribution in [2.75, 3.05) is 12.4 Å². The predicted octanol–water partition coefficient (Wildman–Crippen LogP) is 4.29. The Morgan fingerprint density at radius 3 is 2.66 bits per heavy atom. The number of halogens is 2. The molecule has 150 valence electrons. The third kappa shape index (κ3) is 4.89. The van der Waals surface area contributed by atoms with E-state index < -0.39 is 24.2 Å². The lowest BCUT2D eigenvalue weighted by Crippen LogP contribution is -2.16. The Bertz CT molecular complexity index is 1050. The predicted molar refractivity (Wildman–Crippen MR) is 105 cm³/mol. The zero-order valence-corrected chi connectivity index (χ0v) is 16.6. The van der Waals surface area contributed by atoms with Gasteiger partial charge in [-0.2, -0.15) is 0 Å². The maximum Gasteiger partial charge on any atom is 0.316 e. The number of esters is 1. The van der Waals surface area contributed by atoms with Crippen molar-refractivity contribution in [1.29, 1.82) is 0 Å². The maximum atomic E-state index is 13.6. The van der Waals surface area contributed by atoms with Crippen LogP contribution in [-0.4, -0.2) is 33.7 Å². The van der Waals surface area contributed by atoms with Crippen molar-refractivity contribution in [3.63, 3.8) is 0 Å². The topological polar surface area (TPSA) is 61.2 Å². The molecule has 0 spiro atoms. The van der Waals surface area contributed by atoms with Crippen molar-refractivity contribution in [3.8, 4) is 5.82 Å². The van der Waals surface area contributed by atoms with Gasteiger partial charge in [0.2, 0.25) is 5.78 Å². The van der Waals surface area contributed by atoms with E-state index in [1.165, 1.54) is 0 Å². The molecule has 0 radical (unpaired) electrons. The van der Waals surface area contributed by atoms with Gasteiger partial charge in [0, 0.05) is 28.0 Å². The van der Waals surface area contributed by atoms with Crippen molar-refractivity contribution in [2.24, 2.45) is 0 Å². The molecule has 2 heterocycles. The van der Waals surface area contributed by atoms with E-state index in [1.54, 1.807) is 25.3 Å². The third-order valence-electron chi connectivity index (χ3n) is 4.21. The number of thioether (sulfide) groups is 1. The highest BCUT2D eigenvalue weighted by Crippen LogP contribution is 2.23. The molecule has 0 atom stereocenters. The standard InChI is InChI=1S/C21H18F2N2O3S/c1-13-9-16(14(2)25(13)20-5-3-4-8-24-20)18(26)11-28-21(27)12-29-19-10-15(22)6-7-17(19)23/h3-10H,11-12H2,1-2H3. The van der Waals surface area contributed by atoms with Crippen molar-refractivity contribution in [1.82, 2.24) is 9.55 Å². The van der Waals surface area contributed by atoms with Crippen LogP contribution in [0.15, 0.2) is 53.6 Å². The van der Waals surface area contributed by atoms with Gasteiger partial charge >= 0.3 is 5.97 Å². The second-order valence-corrected chi connectivity index (χ2v) is 7.27. The van der Waals surface area contributed by atoms with Crippen LogP contribution >= 0.6 is 11.8 Å². The fraction of sp³-hybridized carbons (Fsp3) is 0.190. The van der Waals surface area contributed by atoms with Crippen LogP contribution in [0.5, 0.6) is 0 Å². The number of ether oxygens (including phenoxy) is 1. The van der Waals surface area contributed by atoms with E-state index in [0.29, 0.717) is 17.1 Å². The lowest BCUT2D eigenvalue weighted by atomic mass is 10.1. The summed E-state index contributed by atoms with van der Waals surface area (Å²) in [4.78, 5) is 28.7. The molecule has 0 unspecified atom stereocenters. The lowest BCUT2D eigenvalue weighted by molar-refractivity contribution is -0.139. The van der Waals surface area contributed by atoms with Crippen LogP contribution in [0.4, 0.5) is 8.78 Å². The number of pyridine rings is 1. The average molecular weight is 416 g/mol. The van der Waals surface area contributed by atoms with E-state index in [1.807, 2.05) is 23.6 Å². The SMILES string of the molecule is Cc1cc(C(=O)COC(=O)CSc2cc(F)ccc2F)c(C)n1-c1ccccn1. The Kier molecular flexibility index (Phi) is 6.43. The van der Waals surface area contributed by atoms with Gasteiger partial charge in [-0.1, -0.05) is 6.07 Å². The third-order valence-corrected chi connectivity index (χ3v) is 5.22. The Hall–Kier alpha value is -3.00. The first-order valence-corrected chi connectivity index (χ1v) is 9.72. The molecular weight excluding hydrogens is 398 g/mol. The number of benzene rings is 1. The average Bonchev–Trinajstić information content (AvgIpc) is 3.01. The van der Waals surface area contributed by atoms with Crippen LogP contribution in [-0.2, 0) is 9.53 Å². The number of hydrogen-bond donors (Lipinski definition) is 0. The normalized spacial score (nSPS) is 10.8. The van der Waals surface area contributed by atoms with Crippen LogP contribution in [0.3, 0.4) is 0 Å². The monoisotopic (exact) mass is 416 g/mol. The highest BCUT2D eigenvalue weighted by molar-refractivity contribution is 8.00. The maximum absolute atomic E-state index is 13.6. The molecule has 2 aromatic heterocycles. The zero-order valence-electron chi connectivity index (χ0n) is 15.8. The Balaban J connectivity index is 1.61. The first-order valence-electron chi connectivity index (χ1n) is 8.74. The van der Waals surface area contributed by atoms with E-state index >= 15 is 0 Å². The van der Waals surface area contributed by atoms with Crippen molar-refractivity contribution in [2.45, 2.75) is 18.7 Å². The summed E-state index contributed by atoms with van der Waals surface area (Å²) in [5.74, 6) is -1.81. The number of aryl methyl sites for hydroxylation is 1. The summed E-state index contributed by atoms with van der Waals surface area (Å²) in [6.07, 6.45) is 1.66. The Labute approximate surface area is 170 Å². The highest BCUT2D eigenvalue weighted by atomic mass is 32.2. The van der Waals surface area contributed by atoms with Gasteiger partial charge < -0.3 is 9.30 Å². The van der Waals surface area contributed by atoms with Gasteiger partial charge in [-0.3, -0.25) is 9.59 Å². The molecule has 29 heavy (non-hydrogen) atoms. The van der Waals surface area contributed by atoms with Crippen LogP contribution in [0.2, 0.25) is 0 Å². The molecule has 0 aliphatic heterocycles. The summed E-state index contributed by atoms with van der Waals surface area (Å²) in [5, 5.41) is 0. The minimum absolute atomic E-state index is 0.00665. The smallest absolute Gasteiger partial charge is 0.316 e. The minimum atomic E-state index is -0.689. The summed E-state index contributed by atoms with van der Waals surface area (Å²) in [7, 11) is 0. The molecule has 0 bridgehead atoms. The van der Waals surface area contributed by atoms with Gasteiger partial charge in [0.05, 0.1) is 5.75 Å². The van der Waals surface area contributed by atoms with E-state index in [4.69, 9.17) is 4.74 Å². The van der Waals surface area contributed by atoms with Gasteiger partial charge in [-0.15, -0.1) is 11.8 Å². The molecule has 8 heteroatoms. The Morgan fingerprint density at radius 1 is 1.14 bits per heavy atom. The molecular formula is C21H18F2N2O3S. The molecule has 0 amide bonds. The van der Waals surface area contributed by atoms with Crippen LogP contribution in [0.25, 0.3) is 5.82 Å². The summed E-state index contributed by atoms with van der Waals surface area (Å²) >= 11 is 0.811. The summed E-state index contributed by atoms with van der Waals surface area (Å²) < 4.78 is 33.6. The van der Waals surface area contributed by atoms with Crippen molar-refractivity contribution >= 4 is 23.5 Å². The van der Waals surface area contributed by atoms with E-state index in [0.717, 1.165) is 35.7 Å². The molecule has 0 fully saturated rings. The van der Waals surface area contributed by atoms with E-state index in [-0.39, 0.29) is 16.4 Å². The minimum Gasteiger partial charge on any atom is -0.457 e. The number of carbonyl (C=O) groups excluding carboxylic acids is 2. The molecule has 0 aliphatic rings. The van der Waals surface area contributed by atoms with Crippen molar-refractivity contribution in [3.05, 3.63) is 77.2 Å². The Morgan fingerprint density at radius 2 is 1.93 bits per heavy atom. The number of aromatic nitrogens is 2. The first-order chi connectivity index (χ1) is 13.9. The summed E-state index contributed by atoms with van der Waals surface area (Å²) in [6, 6.07) is 10.2. The number of carbonyl (C=O) groups is 2. The lowest BCUT2D eigenvalue weighted by Gasteiger charge is -2.08. The molecule has 1 aromatic carbocycles. The molecule has 3 rings (SSSR count). The summed E-state index contributed by atoms with van der Waals surface area (Å²) in [6.45, 7) is 3.21. The van der Waals surface area contributed by atoms with Crippen LogP contribution in [0, 0.1) is 25.5 Å². The van der Waals surface area contributed by atoms with Crippen LogP contribution in [0.1, 0.15) is 21.7 Å². The van der Waals surface area contributed by atoms with E-state index in [2.05, 4.69) is 4.98 Å². The number of nitrogens with zero attached hydrogens (tertiary/aromatic N) is 2. The van der Waals surface area contributed by atoms with Gasteiger partial charge in [-0.25, -0.2) is 13.8 Å². The fourth-order valence-corrected chi connectivity index (χ4v) is 3.63. The molecule has 0 saturated heterocycles. The van der Waals surface area contributed by atoms with Gasteiger partial charge in [0.1, 0.15) is 17.5 Å². The molecule has 0 saturated carbocycles. The van der Waals surface area contributed by atoms with Gasteiger partial charge in [-0.05, 0) is 50.2 Å². The number of hydrogen-bond acceptors (Lipinski definition) is 5. The largest absolute Gasteiger partial charge is 0.457 e. The van der Waals surface area contributed by atoms with Gasteiger partial charge in [0.25, 0.3) is 0 Å². The second-order valence-electron chi connectivity index (χ2n) is 6.26. The van der Waals surface area contributed by atoms with Gasteiger partial charge in [0.15, 0.2) is 6.61 Å². The van der Waals surface area contributed by atoms with Crippen molar-refractivity contribution < 1.29 is 23.1 Å². The highest BCUT2D eigenvalue weighted by Gasteiger charge is 2.19.